The van der Waals surface area contributed by atoms with E-state index < -0.39 is 23.5 Å². The summed E-state index contributed by atoms with van der Waals surface area (Å²) >= 11 is 9.40. The molecule has 3 nitrogen and oxygen atoms in total. The lowest BCUT2D eigenvalue weighted by Gasteiger charge is -2.37. The zero-order valence-corrected chi connectivity index (χ0v) is 14.7. The molecule has 1 aromatic rings. The summed E-state index contributed by atoms with van der Waals surface area (Å²) in [6.07, 6.45) is -4.42. The van der Waals surface area contributed by atoms with Gasteiger partial charge in [-0.1, -0.05) is 27.5 Å². The van der Waals surface area contributed by atoms with Crippen molar-refractivity contribution < 1.29 is 23.1 Å². The molecule has 3 rings (SSSR count). The van der Waals surface area contributed by atoms with Gasteiger partial charge in [0.25, 0.3) is 5.91 Å². The standard InChI is InChI=1S/C16H14BrClF3NO2/c17-9-1-2-11(18)10(7-9)12-13(23)15(22-14(12)24)5-3-8(4-6-15)16(19,20)21/h1-2,7-8,23H,3-6H2,(H,22,24). The van der Waals surface area contributed by atoms with Crippen molar-refractivity contribution in [1.82, 2.24) is 5.32 Å². The summed E-state index contributed by atoms with van der Waals surface area (Å²) in [6, 6.07) is 4.88. The van der Waals surface area contributed by atoms with Gasteiger partial charge in [0.15, 0.2) is 0 Å². The first-order chi connectivity index (χ1) is 11.1. The van der Waals surface area contributed by atoms with Crippen LogP contribution in [0, 0.1) is 5.92 Å². The number of hydrogen-bond acceptors (Lipinski definition) is 2. The number of benzene rings is 1. The van der Waals surface area contributed by atoms with Crippen LogP contribution < -0.4 is 5.32 Å². The molecule has 1 aromatic carbocycles. The second kappa shape index (κ2) is 5.95. The predicted octanol–water partition coefficient (Wildman–Crippen LogP) is 4.99. The van der Waals surface area contributed by atoms with Crippen molar-refractivity contribution in [3.05, 3.63) is 39.0 Å². The molecule has 0 bridgehead atoms. The summed E-state index contributed by atoms with van der Waals surface area (Å²) in [7, 11) is 0. The second-order valence-corrected chi connectivity index (χ2v) is 7.52. The van der Waals surface area contributed by atoms with Crippen LogP contribution >= 0.6 is 27.5 Å². The van der Waals surface area contributed by atoms with E-state index in [4.69, 9.17) is 11.6 Å². The fourth-order valence-corrected chi connectivity index (χ4v) is 4.00. The summed E-state index contributed by atoms with van der Waals surface area (Å²) < 4.78 is 39.2. The van der Waals surface area contributed by atoms with E-state index in [1.807, 2.05) is 0 Å². The van der Waals surface area contributed by atoms with Gasteiger partial charge in [0, 0.05) is 15.1 Å². The van der Waals surface area contributed by atoms with Gasteiger partial charge in [-0.3, -0.25) is 4.79 Å². The largest absolute Gasteiger partial charge is 0.509 e. The summed E-state index contributed by atoms with van der Waals surface area (Å²) in [6.45, 7) is 0. The van der Waals surface area contributed by atoms with Crippen LogP contribution in [-0.2, 0) is 4.79 Å². The molecule has 1 aliphatic carbocycles. The van der Waals surface area contributed by atoms with Crippen molar-refractivity contribution in [2.45, 2.75) is 37.4 Å². The van der Waals surface area contributed by atoms with Gasteiger partial charge in [-0.2, -0.15) is 13.2 Å². The van der Waals surface area contributed by atoms with Gasteiger partial charge < -0.3 is 10.4 Å². The number of alkyl halides is 3. The molecule has 24 heavy (non-hydrogen) atoms. The maximum absolute atomic E-state index is 12.8. The molecule has 0 unspecified atom stereocenters. The highest BCUT2D eigenvalue weighted by Crippen LogP contribution is 2.47. The van der Waals surface area contributed by atoms with E-state index in [1.54, 1.807) is 18.2 Å². The lowest BCUT2D eigenvalue weighted by Crippen LogP contribution is -2.48. The third-order valence-electron chi connectivity index (χ3n) is 4.77. The van der Waals surface area contributed by atoms with Crippen LogP contribution in [0.5, 0.6) is 0 Å². The molecule has 2 aliphatic rings. The highest BCUT2D eigenvalue weighted by molar-refractivity contribution is 9.10. The first kappa shape index (κ1) is 17.6. The topological polar surface area (TPSA) is 49.3 Å². The van der Waals surface area contributed by atoms with Crippen molar-refractivity contribution in [2.75, 3.05) is 0 Å². The van der Waals surface area contributed by atoms with Crippen LogP contribution in [0.4, 0.5) is 13.2 Å². The van der Waals surface area contributed by atoms with Crippen LogP contribution in [0.1, 0.15) is 31.2 Å². The van der Waals surface area contributed by atoms with E-state index in [-0.39, 0.29) is 42.0 Å². The number of carbonyl (C=O) groups is 1. The Morgan fingerprint density at radius 1 is 1.29 bits per heavy atom. The number of aliphatic hydroxyl groups is 1. The Hall–Kier alpha value is -1.21. The summed E-state index contributed by atoms with van der Waals surface area (Å²) in [5, 5.41) is 13.6. The number of hydrogen-bond donors (Lipinski definition) is 2. The Labute approximate surface area is 150 Å². The molecule has 8 heteroatoms. The SMILES string of the molecule is O=C1NC2(CCC(C(F)(F)F)CC2)C(O)=C1c1cc(Br)ccc1Cl. The van der Waals surface area contributed by atoms with E-state index in [1.165, 1.54) is 0 Å². The minimum atomic E-state index is -4.25. The molecule has 1 amide bonds. The third kappa shape index (κ3) is 2.92. The lowest BCUT2D eigenvalue weighted by atomic mass is 9.75. The normalized spacial score (nSPS) is 27.7. The van der Waals surface area contributed by atoms with E-state index >= 15 is 0 Å². The molecule has 0 aromatic heterocycles. The average molecular weight is 425 g/mol. The molecule has 2 N–H and O–H groups in total. The zero-order valence-electron chi connectivity index (χ0n) is 12.4. The molecule has 1 aliphatic heterocycles. The summed E-state index contributed by atoms with van der Waals surface area (Å²) in [5.41, 5.74) is -0.734. The second-order valence-electron chi connectivity index (χ2n) is 6.20. The Morgan fingerprint density at radius 2 is 1.92 bits per heavy atom. The van der Waals surface area contributed by atoms with E-state index in [2.05, 4.69) is 21.2 Å². The molecule has 0 saturated heterocycles. The molecule has 0 atom stereocenters. The number of amides is 1. The lowest BCUT2D eigenvalue weighted by molar-refractivity contribution is -0.184. The first-order valence-corrected chi connectivity index (χ1v) is 8.59. The van der Waals surface area contributed by atoms with Gasteiger partial charge in [-0.05, 0) is 43.9 Å². The fraction of sp³-hybridized carbons (Fsp3) is 0.438. The number of rotatable bonds is 1. The molecule has 130 valence electrons. The number of carbonyl (C=O) groups excluding carboxylic acids is 1. The van der Waals surface area contributed by atoms with Gasteiger partial charge in [0.05, 0.1) is 17.0 Å². The third-order valence-corrected chi connectivity index (χ3v) is 5.59. The molecular formula is C16H14BrClF3NO2. The molecule has 1 spiro atoms. The highest BCUT2D eigenvalue weighted by atomic mass is 79.9. The van der Waals surface area contributed by atoms with Crippen molar-refractivity contribution in [1.29, 1.82) is 0 Å². The highest BCUT2D eigenvalue weighted by Gasteiger charge is 2.52. The Kier molecular flexibility index (Phi) is 4.36. The first-order valence-electron chi connectivity index (χ1n) is 7.42. The maximum Gasteiger partial charge on any atom is 0.391 e. The number of halogens is 5. The van der Waals surface area contributed by atoms with Gasteiger partial charge >= 0.3 is 6.18 Å². The molecule has 1 heterocycles. The van der Waals surface area contributed by atoms with Crippen molar-refractivity contribution in [3.8, 4) is 0 Å². The zero-order chi connectivity index (χ0) is 17.7. The number of aliphatic hydroxyl groups excluding tert-OH is 1. The number of nitrogens with one attached hydrogen (secondary N) is 1. The van der Waals surface area contributed by atoms with Crippen molar-refractivity contribution in [3.63, 3.8) is 0 Å². The predicted molar refractivity (Wildman–Crippen MR) is 87.6 cm³/mol. The van der Waals surface area contributed by atoms with Crippen LogP contribution in [0.15, 0.2) is 28.4 Å². The van der Waals surface area contributed by atoms with Gasteiger partial charge in [0.2, 0.25) is 0 Å². The summed E-state index contributed by atoms with van der Waals surface area (Å²) in [5.74, 6) is -2.13. The molecule has 0 radical (unpaired) electrons. The van der Waals surface area contributed by atoms with E-state index in [0.717, 1.165) is 0 Å². The minimum absolute atomic E-state index is 0.0340. The van der Waals surface area contributed by atoms with Gasteiger partial charge in [-0.25, -0.2) is 0 Å². The monoisotopic (exact) mass is 423 g/mol. The Bertz CT molecular complexity index is 725. The van der Waals surface area contributed by atoms with Crippen LogP contribution in [0.25, 0.3) is 5.57 Å². The Balaban J connectivity index is 1.95. The van der Waals surface area contributed by atoms with Crippen LogP contribution in [0.3, 0.4) is 0 Å². The maximum atomic E-state index is 12.8. The quantitative estimate of drug-likeness (QED) is 0.667. The minimum Gasteiger partial charge on any atom is -0.509 e. The van der Waals surface area contributed by atoms with E-state index in [9.17, 15) is 23.1 Å². The van der Waals surface area contributed by atoms with E-state index in [0.29, 0.717) is 10.0 Å². The molecular weight excluding hydrogens is 411 g/mol. The molecule has 1 saturated carbocycles. The van der Waals surface area contributed by atoms with Gasteiger partial charge in [-0.15, -0.1) is 0 Å². The molecule has 1 fully saturated rings. The smallest absolute Gasteiger partial charge is 0.391 e. The van der Waals surface area contributed by atoms with Crippen LogP contribution in [0.2, 0.25) is 5.02 Å². The van der Waals surface area contributed by atoms with Crippen molar-refractivity contribution in [2.24, 2.45) is 5.92 Å². The van der Waals surface area contributed by atoms with Crippen molar-refractivity contribution >= 4 is 39.0 Å². The fourth-order valence-electron chi connectivity index (χ4n) is 3.42. The summed E-state index contributed by atoms with van der Waals surface area (Å²) in [4.78, 5) is 12.4. The van der Waals surface area contributed by atoms with Gasteiger partial charge in [0.1, 0.15) is 5.76 Å². The average Bonchev–Trinajstić information content (AvgIpc) is 2.72. The van der Waals surface area contributed by atoms with Crippen LogP contribution in [-0.4, -0.2) is 22.7 Å². The Morgan fingerprint density at radius 3 is 2.50 bits per heavy atom.